The smallest absolute Gasteiger partial charge is 0.122 e. The molecule has 0 bridgehead atoms. The lowest BCUT2D eigenvalue weighted by Crippen LogP contribution is -2.27. The second-order valence-corrected chi connectivity index (χ2v) is 6.69. The number of rotatable bonds is 6. The number of nitrogens with zero attached hydrogens (tertiary/aromatic N) is 1. The lowest BCUT2D eigenvalue weighted by Gasteiger charge is -2.21. The first-order chi connectivity index (χ1) is 11.4. The summed E-state index contributed by atoms with van der Waals surface area (Å²) in [4.78, 5) is 2.92. The van der Waals surface area contributed by atoms with Crippen LogP contribution in [0.1, 0.15) is 36.5 Å². The summed E-state index contributed by atoms with van der Waals surface area (Å²) in [7, 11) is 1.69. The fourth-order valence-electron chi connectivity index (χ4n) is 3.11. The molecule has 1 aromatic rings. The van der Waals surface area contributed by atoms with Gasteiger partial charge in [-0.25, -0.2) is 0 Å². The fourth-order valence-corrected chi connectivity index (χ4v) is 3.29. The van der Waals surface area contributed by atoms with Crippen molar-refractivity contribution in [3.05, 3.63) is 40.6 Å². The summed E-state index contributed by atoms with van der Waals surface area (Å²) in [6.45, 7) is 8.67. The molecule has 2 rings (SSSR count). The number of hydrogen-bond donors (Lipinski definition) is 2. The molecular formula is C19H27N3OS. The number of thiocarbonyl (C=S) groups is 1. The van der Waals surface area contributed by atoms with Gasteiger partial charge >= 0.3 is 0 Å². The van der Waals surface area contributed by atoms with Crippen LogP contribution in [0, 0.1) is 19.3 Å². The van der Waals surface area contributed by atoms with E-state index in [1.165, 1.54) is 24.0 Å². The van der Waals surface area contributed by atoms with E-state index in [1.807, 2.05) is 19.1 Å². The standard InChI is InChI=1S/C19H27N3OS/c1-13-7-8-18(23-4)14(2)16(13)12-21-19(24)11-17(15(3)20)22-9-5-6-10-22/h7-8,11,20H,5-6,9-10,12H2,1-4H3,(H,21,24)/b17-11+,20-15?. The average Bonchev–Trinajstić information content (AvgIpc) is 3.06. The summed E-state index contributed by atoms with van der Waals surface area (Å²) in [5, 5.41) is 11.3. The van der Waals surface area contributed by atoms with Gasteiger partial charge in [-0.3, -0.25) is 0 Å². The molecule has 1 heterocycles. The monoisotopic (exact) mass is 345 g/mol. The van der Waals surface area contributed by atoms with E-state index < -0.39 is 0 Å². The van der Waals surface area contributed by atoms with Crippen LogP contribution in [0.15, 0.2) is 23.9 Å². The molecule has 0 aromatic heterocycles. The highest BCUT2D eigenvalue weighted by Crippen LogP contribution is 2.24. The van der Waals surface area contributed by atoms with Gasteiger partial charge in [0.25, 0.3) is 0 Å². The first kappa shape index (κ1) is 18.5. The van der Waals surface area contributed by atoms with Crippen LogP contribution < -0.4 is 10.1 Å². The van der Waals surface area contributed by atoms with Crippen LogP contribution in [0.5, 0.6) is 5.75 Å². The Morgan fingerprint density at radius 3 is 2.58 bits per heavy atom. The first-order valence-electron chi connectivity index (χ1n) is 8.37. The molecule has 0 aliphatic carbocycles. The number of nitrogens with one attached hydrogen (secondary N) is 2. The van der Waals surface area contributed by atoms with Crippen LogP contribution in [-0.4, -0.2) is 35.8 Å². The van der Waals surface area contributed by atoms with Gasteiger partial charge in [0.2, 0.25) is 0 Å². The van der Waals surface area contributed by atoms with E-state index in [-0.39, 0.29) is 0 Å². The Labute approximate surface area is 150 Å². The molecule has 1 saturated heterocycles. The van der Waals surface area contributed by atoms with Gasteiger partial charge < -0.3 is 20.4 Å². The van der Waals surface area contributed by atoms with Gasteiger partial charge in [0.1, 0.15) is 10.7 Å². The van der Waals surface area contributed by atoms with Gasteiger partial charge in [0.05, 0.1) is 18.5 Å². The Kier molecular flexibility index (Phi) is 6.37. The van der Waals surface area contributed by atoms with Crippen LogP contribution in [0.3, 0.4) is 0 Å². The van der Waals surface area contributed by atoms with Crippen molar-refractivity contribution >= 4 is 22.9 Å². The van der Waals surface area contributed by atoms with Gasteiger partial charge in [-0.05, 0) is 62.4 Å². The van der Waals surface area contributed by atoms with Gasteiger partial charge in [0.15, 0.2) is 0 Å². The normalized spacial score (nSPS) is 14.7. The summed E-state index contributed by atoms with van der Waals surface area (Å²) in [6, 6.07) is 4.06. The second-order valence-electron chi connectivity index (χ2n) is 6.25. The Bertz CT molecular complexity index is 661. The number of hydrogen-bond acceptors (Lipinski definition) is 4. The average molecular weight is 346 g/mol. The van der Waals surface area contributed by atoms with Crippen molar-refractivity contribution in [2.45, 2.75) is 40.2 Å². The van der Waals surface area contributed by atoms with Crippen molar-refractivity contribution in [3.8, 4) is 5.75 Å². The van der Waals surface area contributed by atoms with Crippen LogP contribution in [0.4, 0.5) is 0 Å². The van der Waals surface area contributed by atoms with Crippen molar-refractivity contribution < 1.29 is 4.74 Å². The number of methoxy groups -OCH3 is 1. The van der Waals surface area contributed by atoms with Crippen molar-refractivity contribution in [2.75, 3.05) is 20.2 Å². The van der Waals surface area contributed by atoms with Crippen molar-refractivity contribution in [2.24, 2.45) is 0 Å². The van der Waals surface area contributed by atoms with Crippen LogP contribution in [0.2, 0.25) is 0 Å². The van der Waals surface area contributed by atoms with E-state index in [0.717, 1.165) is 30.1 Å². The lowest BCUT2D eigenvalue weighted by atomic mass is 10.0. The summed E-state index contributed by atoms with van der Waals surface area (Å²) < 4.78 is 5.40. The molecule has 4 nitrogen and oxygen atoms in total. The molecule has 0 atom stereocenters. The number of allylic oxidation sites excluding steroid dienone is 1. The molecule has 1 aromatic carbocycles. The fraction of sp³-hybridized carbons (Fsp3) is 0.474. The number of aryl methyl sites for hydroxylation is 1. The Balaban J connectivity index is 2.10. The predicted octanol–water partition coefficient (Wildman–Crippen LogP) is 3.75. The molecule has 2 N–H and O–H groups in total. The lowest BCUT2D eigenvalue weighted by molar-refractivity contribution is 0.411. The second kappa shape index (κ2) is 8.29. The molecule has 5 heteroatoms. The van der Waals surface area contributed by atoms with E-state index in [9.17, 15) is 0 Å². The third-order valence-corrected chi connectivity index (χ3v) is 4.80. The maximum atomic E-state index is 8.01. The zero-order valence-electron chi connectivity index (χ0n) is 15.0. The molecule has 24 heavy (non-hydrogen) atoms. The van der Waals surface area contributed by atoms with E-state index in [2.05, 4.69) is 30.1 Å². The minimum atomic E-state index is 0.565. The van der Waals surface area contributed by atoms with Crippen molar-refractivity contribution in [1.29, 1.82) is 5.41 Å². The largest absolute Gasteiger partial charge is 0.496 e. The van der Waals surface area contributed by atoms with Crippen molar-refractivity contribution in [3.63, 3.8) is 0 Å². The van der Waals surface area contributed by atoms with Crippen LogP contribution >= 0.6 is 12.2 Å². The van der Waals surface area contributed by atoms with E-state index >= 15 is 0 Å². The van der Waals surface area contributed by atoms with Gasteiger partial charge in [-0.2, -0.15) is 0 Å². The quantitative estimate of drug-likeness (QED) is 0.468. The molecule has 0 radical (unpaired) electrons. The van der Waals surface area contributed by atoms with E-state index in [0.29, 0.717) is 17.2 Å². The molecule has 1 aliphatic rings. The molecule has 0 amide bonds. The molecule has 1 fully saturated rings. The minimum absolute atomic E-state index is 0.565. The molecule has 1 aliphatic heterocycles. The van der Waals surface area contributed by atoms with Gasteiger partial charge in [0, 0.05) is 19.6 Å². The molecule has 130 valence electrons. The highest BCUT2D eigenvalue weighted by atomic mass is 32.1. The Morgan fingerprint density at radius 1 is 1.33 bits per heavy atom. The molecule has 0 saturated carbocycles. The first-order valence-corrected chi connectivity index (χ1v) is 8.78. The third kappa shape index (κ3) is 4.35. The summed E-state index contributed by atoms with van der Waals surface area (Å²) >= 11 is 5.49. The van der Waals surface area contributed by atoms with Gasteiger partial charge in [-0.15, -0.1) is 0 Å². The molecule has 0 spiro atoms. The predicted molar refractivity (Wildman–Crippen MR) is 104 cm³/mol. The molecule has 0 unspecified atom stereocenters. The minimum Gasteiger partial charge on any atom is -0.496 e. The Morgan fingerprint density at radius 2 is 2.00 bits per heavy atom. The maximum Gasteiger partial charge on any atom is 0.122 e. The van der Waals surface area contributed by atoms with E-state index in [1.54, 1.807) is 7.11 Å². The third-order valence-electron chi connectivity index (χ3n) is 4.54. The van der Waals surface area contributed by atoms with E-state index in [4.69, 9.17) is 22.4 Å². The topological polar surface area (TPSA) is 48.4 Å². The number of ether oxygens (including phenoxy) is 1. The summed E-state index contributed by atoms with van der Waals surface area (Å²) in [5.74, 6) is 0.895. The number of benzene rings is 1. The zero-order valence-corrected chi connectivity index (χ0v) is 15.8. The zero-order chi connectivity index (χ0) is 17.7. The maximum absolute atomic E-state index is 8.01. The van der Waals surface area contributed by atoms with Crippen LogP contribution in [0.25, 0.3) is 0 Å². The molecular weight excluding hydrogens is 318 g/mol. The van der Waals surface area contributed by atoms with Crippen molar-refractivity contribution in [1.82, 2.24) is 10.2 Å². The van der Waals surface area contributed by atoms with Crippen LogP contribution in [-0.2, 0) is 6.54 Å². The SMILES string of the molecule is COc1ccc(C)c(CNC(=S)/C=C(\C(C)=N)N2CCCC2)c1C. The summed E-state index contributed by atoms with van der Waals surface area (Å²) in [6.07, 6.45) is 4.30. The highest BCUT2D eigenvalue weighted by Gasteiger charge is 2.16. The highest BCUT2D eigenvalue weighted by molar-refractivity contribution is 7.80. The van der Waals surface area contributed by atoms with Gasteiger partial charge in [-0.1, -0.05) is 18.3 Å². The summed E-state index contributed by atoms with van der Waals surface area (Å²) in [5.41, 5.74) is 5.06. The number of likely N-dealkylation sites (tertiary alicyclic amines) is 1. The Hall–Kier alpha value is -1.88.